The fourth-order valence-corrected chi connectivity index (χ4v) is 4.26. The molecule has 0 radical (unpaired) electrons. The molecule has 154 valence electrons. The average molecular weight is 398 g/mol. The number of carbonyl (C=O) groups is 3. The van der Waals surface area contributed by atoms with Crippen molar-refractivity contribution >= 4 is 30.3 Å². The van der Waals surface area contributed by atoms with Gasteiger partial charge in [-0.1, -0.05) is 57.4 Å². The first-order valence-corrected chi connectivity index (χ1v) is 10.3. The minimum Gasteiger partial charge on any atom is -0.407 e. The van der Waals surface area contributed by atoms with Gasteiger partial charge in [-0.3, -0.25) is 14.5 Å². The number of benzene rings is 1. The van der Waals surface area contributed by atoms with Crippen molar-refractivity contribution in [1.82, 2.24) is 10.2 Å². The molecule has 4 rings (SSSR count). The number of nitrogens with one attached hydrogen (secondary N) is 1. The van der Waals surface area contributed by atoms with Gasteiger partial charge in [-0.25, -0.2) is 4.79 Å². The van der Waals surface area contributed by atoms with Crippen LogP contribution in [0.1, 0.15) is 56.3 Å². The monoisotopic (exact) mass is 398 g/mol. The second kappa shape index (κ2) is 7.57. The van der Waals surface area contributed by atoms with Crippen molar-refractivity contribution in [2.45, 2.75) is 51.5 Å². The highest BCUT2D eigenvalue weighted by molar-refractivity contribution is 6.61. The van der Waals surface area contributed by atoms with Gasteiger partial charge in [0.1, 0.15) is 5.54 Å². The molecule has 2 heterocycles. The maximum atomic E-state index is 12.8. The summed E-state index contributed by atoms with van der Waals surface area (Å²) in [5.74, 6) is -0.529. The van der Waals surface area contributed by atoms with Gasteiger partial charge in [-0.05, 0) is 18.3 Å². The Morgan fingerprint density at radius 2 is 1.69 bits per heavy atom. The van der Waals surface area contributed by atoms with Crippen molar-refractivity contribution in [3.63, 3.8) is 0 Å². The topological polar surface area (TPSA) is 84.9 Å². The number of hydrogen-bond donors (Lipinski definition) is 1. The summed E-state index contributed by atoms with van der Waals surface area (Å²) < 4.78 is 11.5. The first kappa shape index (κ1) is 20.1. The summed E-state index contributed by atoms with van der Waals surface area (Å²) in [4.78, 5) is 38.9. The lowest BCUT2D eigenvalue weighted by Gasteiger charge is -2.33. The van der Waals surface area contributed by atoms with Crippen LogP contribution in [0, 0.1) is 5.41 Å². The minimum absolute atomic E-state index is 0.00899. The van der Waals surface area contributed by atoms with E-state index in [1.807, 2.05) is 0 Å². The predicted octanol–water partition coefficient (Wildman–Crippen LogP) is 1.89. The first-order valence-electron chi connectivity index (χ1n) is 10.3. The van der Waals surface area contributed by atoms with Gasteiger partial charge >= 0.3 is 13.1 Å². The standard InChI is InChI=1S/C21H27BN2O5/c1-20(2)13-28-22(29-14-20)16-8-6-15(7-9-16)17(25)12-24-18(26)21(23-19(24)27)10-4-3-5-11-21/h6-9H,3-5,10-14H2,1-2H3,(H,23,27). The molecule has 0 atom stereocenters. The van der Waals surface area contributed by atoms with Gasteiger partial charge in [0.2, 0.25) is 0 Å². The predicted molar refractivity (Wildman–Crippen MR) is 108 cm³/mol. The molecule has 8 heteroatoms. The van der Waals surface area contributed by atoms with Gasteiger partial charge in [0.05, 0.1) is 6.54 Å². The zero-order valence-electron chi connectivity index (χ0n) is 17.0. The van der Waals surface area contributed by atoms with Gasteiger partial charge in [-0.15, -0.1) is 0 Å². The van der Waals surface area contributed by atoms with E-state index in [0.29, 0.717) is 31.6 Å². The Labute approximate surface area is 171 Å². The van der Waals surface area contributed by atoms with Gasteiger partial charge in [0, 0.05) is 24.2 Å². The number of imide groups is 1. The van der Waals surface area contributed by atoms with Crippen molar-refractivity contribution in [1.29, 1.82) is 0 Å². The Balaban J connectivity index is 1.40. The maximum Gasteiger partial charge on any atom is 0.493 e. The van der Waals surface area contributed by atoms with Gasteiger partial charge in [-0.2, -0.15) is 0 Å². The molecule has 1 aromatic rings. The number of ketones is 1. The zero-order chi connectivity index (χ0) is 20.6. The molecule has 3 amide bonds. The van der Waals surface area contributed by atoms with E-state index >= 15 is 0 Å². The molecule has 0 bridgehead atoms. The molecule has 7 nitrogen and oxygen atoms in total. The largest absolute Gasteiger partial charge is 0.493 e. The summed E-state index contributed by atoms with van der Waals surface area (Å²) in [6.07, 6.45) is 4.20. The SMILES string of the molecule is CC1(C)COB(c2ccc(C(=O)CN3C(=O)NC4(CCCCC4)C3=O)cc2)OC1. The van der Waals surface area contributed by atoms with E-state index in [0.717, 1.165) is 29.6 Å². The van der Waals surface area contributed by atoms with E-state index in [1.165, 1.54) is 0 Å². The highest BCUT2D eigenvalue weighted by Crippen LogP contribution is 2.33. The lowest BCUT2D eigenvalue weighted by atomic mass is 9.75. The normalized spacial score (nSPS) is 23.4. The van der Waals surface area contributed by atoms with Crippen molar-refractivity contribution < 1.29 is 23.7 Å². The third kappa shape index (κ3) is 3.96. The van der Waals surface area contributed by atoms with Crippen LogP contribution in [0.5, 0.6) is 0 Å². The molecular weight excluding hydrogens is 371 g/mol. The molecular formula is C21H27BN2O5. The van der Waals surface area contributed by atoms with Crippen LogP contribution in [0.3, 0.4) is 0 Å². The van der Waals surface area contributed by atoms with E-state index in [9.17, 15) is 14.4 Å². The summed E-state index contributed by atoms with van der Waals surface area (Å²) in [5, 5.41) is 2.84. The number of Topliss-reactive ketones (excluding diaryl/α,β-unsaturated/α-hetero) is 1. The van der Waals surface area contributed by atoms with Crippen LogP contribution < -0.4 is 10.8 Å². The molecule has 29 heavy (non-hydrogen) atoms. The number of nitrogens with zero attached hydrogens (tertiary/aromatic N) is 1. The molecule has 1 aliphatic carbocycles. The fraction of sp³-hybridized carbons (Fsp3) is 0.571. The molecule has 3 fully saturated rings. The Hall–Kier alpha value is -2.19. The van der Waals surface area contributed by atoms with Crippen LogP contribution in [0.15, 0.2) is 24.3 Å². The van der Waals surface area contributed by atoms with Gasteiger partial charge in [0.25, 0.3) is 5.91 Å². The van der Waals surface area contributed by atoms with E-state index in [4.69, 9.17) is 9.31 Å². The number of urea groups is 1. The highest BCUT2D eigenvalue weighted by Gasteiger charge is 2.51. The van der Waals surface area contributed by atoms with E-state index in [1.54, 1.807) is 24.3 Å². The molecule has 2 saturated heterocycles. The van der Waals surface area contributed by atoms with Gasteiger partial charge in [0.15, 0.2) is 5.78 Å². The van der Waals surface area contributed by atoms with E-state index in [-0.39, 0.29) is 23.7 Å². The van der Waals surface area contributed by atoms with Crippen LogP contribution in [0.2, 0.25) is 0 Å². The molecule has 2 aliphatic heterocycles. The summed E-state index contributed by atoms with van der Waals surface area (Å²) in [5.41, 5.74) is 0.483. The maximum absolute atomic E-state index is 12.8. The van der Waals surface area contributed by atoms with E-state index < -0.39 is 18.7 Å². The Morgan fingerprint density at radius 1 is 1.07 bits per heavy atom. The molecule has 1 saturated carbocycles. The fourth-order valence-electron chi connectivity index (χ4n) is 4.26. The van der Waals surface area contributed by atoms with Crippen molar-refractivity contribution in [3.05, 3.63) is 29.8 Å². The Kier molecular flexibility index (Phi) is 5.25. The van der Waals surface area contributed by atoms with Crippen LogP contribution in [0.4, 0.5) is 4.79 Å². The second-order valence-corrected chi connectivity index (χ2v) is 9.13. The van der Waals surface area contributed by atoms with Gasteiger partial charge < -0.3 is 14.6 Å². The van der Waals surface area contributed by atoms with Crippen LogP contribution >= 0.6 is 0 Å². The molecule has 1 aromatic carbocycles. The highest BCUT2D eigenvalue weighted by atomic mass is 16.6. The molecule has 0 aromatic heterocycles. The molecule has 3 aliphatic rings. The number of hydrogen-bond acceptors (Lipinski definition) is 5. The Bertz CT molecular complexity index is 807. The number of rotatable bonds is 4. The van der Waals surface area contributed by atoms with E-state index in [2.05, 4.69) is 19.2 Å². The first-order chi connectivity index (χ1) is 13.8. The molecule has 1 N–H and O–H groups in total. The zero-order valence-corrected chi connectivity index (χ0v) is 17.0. The Morgan fingerprint density at radius 3 is 2.31 bits per heavy atom. The lowest BCUT2D eigenvalue weighted by molar-refractivity contribution is -0.132. The molecule has 1 spiro atoms. The average Bonchev–Trinajstić information content (AvgIpc) is 2.92. The minimum atomic E-state index is -0.803. The third-order valence-electron chi connectivity index (χ3n) is 6.01. The van der Waals surface area contributed by atoms with Crippen molar-refractivity contribution in [3.8, 4) is 0 Å². The quantitative estimate of drug-likeness (QED) is 0.476. The summed E-state index contributed by atoms with van der Waals surface area (Å²) >= 11 is 0. The third-order valence-corrected chi connectivity index (χ3v) is 6.01. The van der Waals surface area contributed by atoms with Crippen LogP contribution in [-0.2, 0) is 14.1 Å². The van der Waals surface area contributed by atoms with Crippen LogP contribution in [-0.4, -0.2) is 55.0 Å². The number of carbonyl (C=O) groups excluding carboxylic acids is 3. The lowest BCUT2D eigenvalue weighted by Crippen LogP contribution is -2.48. The van der Waals surface area contributed by atoms with Crippen LogP contribution in [0.25, 0.3) is 0 Å². The smallest absolute Gasteiger partial charge is 0.407 e. The van der Waals surface area contributed by atoms with Crippen molar-refractivity contribution in [2.24, 2.45) is 5.41 Å². The number of amides is 3. The molecule has 0 unspecified atom stereocenters. The summed E-state index contributed by atoms with van der Waals surface area (Å²) in [7, 11) is -0.440. The van der Waals surface area contributed by atoms with Crippen molar-refractivity contribution in [2.75, 3.05) is 19.8 Å². The summed E-state index contributed by atoms with van der Waals surface area (Å²) in [6, 6.07) is 6.52. The summed E-state index contributed by atoms with van der Waals surface area (Å²) in [6.45, 7) is 5.13. The second-order valence-electron chi connectivity index (χ2n) is 9.13.